The van der Waals surface area contributed by atoms with Gasteiger partial charge in [-0.2, -0.15) is 0 Å². The third-order valence-electron chi connectivity index (χ3n) is 0.692. The van der Waals surface area contributed by atoms with Crippen LogP contribution in [0.15, 0.2) is 17.2 Å². The number of nitrogens with one attached hydrogen (secondary N) is 1. The van der Waals surface area contributed by atoms with Crippen LogP contribution in [0.2, 0.25) is 0 Å². The van der Waals surface area contributed by atoms with E-state index in [2.05, 4.69) is 11.5 Å². The lowest BCUT2D eigenvalue weighted by atomic mass is 10.4. The van der Waals surface area contributed by atoms with Crippen LogP contribution in [0.5, 0.6) is 0 Å². The molecule has 0 spiro atoms. The summed E-state index contributed by atoms with van der Waals surface area (Å²) in [6, 6.07) is 0. The van der Waals surface area contributed by atoms with Gasteiger partial charge in [0.25, 0.3) is 0 Å². The molecule has 1 radical (unpaired) electrons. The van der Waals surface area contributed by atoms with Gasteiger partial charge in [-0.15, -0.1) is 0 Å². The summed E-state index contributed by atoms with van der Waals surface area (Å²) < 4.78 is 0. The molecule has 0 bridgehead atoms. The summed E-state index contributed by atoms with van der Waals surface area (Å²) in [6.07, 6.45) is 6.49. The van der Waals surface area contributed by atoms with Gasteiger partial charge in [-0.25, -0.2) is 0 Å². The van der Waals surface area contributed by atoms with Crippen molar-refractivity contribution < 1.29 is 0 Å². The highest BCUT2D eigenvalue weighted by molar-refractivity contribution is 6.30. The van der Waals surface area contributed by atoms with E-state index in [4.69, 9.17) is 11.6 Å². The average molecular weight is 115 g/mol. The van der Waals surface area contributed by atoms with Crippen LogP contribution >= 0.6 is 11.6 Å². The Hall–Kier alpha value is -0.430. The molecule has 0 unspecified atom stereocenters. The van der Waals surface area contributed by atoms with Gasteiger partial charge in [-0.1, -0.05) is 17.7 Å². The van der Waals surface area contributed by atoms with E-state index in [1.807, 2.05) is 12.2 Å². The number of halogens is 1. The Morgan fingerprint density at radius 1 is 1.86 bits per heavy atom. The maximum absolute atomic E-state index is 5.47. The molecule has 0 fully saturated rings. The number of hydrogen-bond acceptors (Lipinski definition) is 1. The zero-order valence-corrected chi connectivity index (χ0v) is 4.50. The largest absolute Gasteiger partial charge is 0.379 e. The number of dihydropyridines is 1. The van der Waals surface area contributed by atoms with Gasteiger partial charge in [-0.3, -0.25) is 0 Å². The van der Waals surface area contributed by atoms with E-state index in [9.17, 15) is 0 Å². The molecule has 0 atom stereocenters. The summed E-state index contributed by atoms with van der Waals surface area (Å²) in [5, 5.41) is 3.47. The van der Waals surface area contributed by atoms with Crippen molar-refractivity contribution in [2.24, 2.45) is 0 Å². The summed E-state index contributed by atoms with van der Waals surface area (Å²) in [5.74, 6) is 0. The van der Waals surface area contributed by atoms with Crippen molar-refractivity contribution in [2.45, 2.75) is 0 Å². The van der Waals surface area contributed by atoms with Crippen LogP contribution in [0, 0.1) is 6.20 Å². The molecule has 0 aromatic heterocycles. The van der Waals surface area contributed by atoms with E-state index in [0.717, 1.165) is 6.54 Å². The second kappa shape index (κ2) is 2.03. The fraction of sp³-hybridized carbons (Fsp3) is 0.200. The lowest BCUT2D eigenvalue weighted by molar-refractivity contribution is 0.937. The number of rotatable bonds is 0. The Balaban J connectivity index is 2.58. The second-order valence-corrected chi connectivity index (χ2v) is 1.66. The maximum atomic E-state index is 5.47. The molecule has 1 nitrogen and oxygen atoms in total. The monoisotopic (exact) mass is 114 g/mol. The third-order valence-corrected chi connectivity index (χ3v) is 0.912. The van der Waals surface area contributed by atoms with Crippen molar-refractivity contribution in [1.82, 2.24) is 5.32 Å². The van der Waals surface area contributed by atoms with Crippen LogP contribution in [-0.2, 0) is 0 Å². The van der Waals surface area contributed by atoms with Crippen LogP contribution in [0.3, 0.4) is 0 Å². The quantitative estimate of drug-likeness (QED) is 0.496. The van der Waals surface area contributed by atoms with Crippen molar-refractivity contribution in [2.75, 3.05) is 6.54 Å². The topological polar surface area (TPSA) is 12.0 Å². The Bertz CT molecular complexity index is 115. The SMILES string of the molecule is ClC1=[C]NCC=C1. The summed E-state index contributed by atoms with van der Waals surface area (Å²) in [6.45, 7) is 0.843. The van der Waals surface area contributed by atoms with E-state index in [1.165, 1.54) is 0 Å². The molecule has 1 aliphatic heterocycles. The summed E-state index contributed by atoms with van der Waals surface area (Å²) in [4.78, 5) is 0. The molecule has 1 rings (SSSR count). The highest BCUT2D eigenvalue weighted by Gasteiger charge is 1.87. The van der Waals surface area contributed by atoms with E-state index in [0.29, 0.717) is 5.03 Å². The van der Waals surface area contributed by atoms with Crippen LogP contribution < -0.4 is 5.32 Å². The first-order valence-electron chi connectivity index (χ1n) is 2.07. The van der Waals surface area contributed by atoms with Gasteiger partial charge in [-0.05, 0) is 6.08 Å². The first-order valence-corrected chi connectivity index (χ1v) is 2.45. The maximum Gasteiger partial charge on any atom is 0.0783 e. The van der Waals surface area contributed by atoms with Crippen molar-refractivity contribution >= 4 is 11.6 Å². The van der Waals surface area contributed by atoms with Gasteiger partial charge in [0, 0.05) is 6.54 Å². The van der Waals surface area contributed by atoms with Gasteiger partial charge in [0.1, 0.15) is 0 Å². The molecule has 0 amide bonds. The van der Waals surface area contributed by atoms with E-state index < -0.39 is 0 Å². The van der Waals surface area contributed by atoms with Crippen molar-refractivity contribution in [3.05, 3.63) is 23.4 Å². The van der Waals surface area contributed by atoms with Crippen molar-refractivity contribution in [3.63, 3.8) is 0 Å². The Labute approximate surface area is 47.7 Å². The summed E-state index contributed by atoms with van der Waals surface area (Å²) >= 11 is 5.47. The highest BCUT2D eigenvalue weighted by atomic mass is 35.5. The first kappa shape index (κ1) is 4.72. The summed E-state index contributed by atoms with van der Waals surface area (Å²) in [5.41, 5.74) is 0. The van der Waals surface area contributed by atoms with E-state index in [1.54, 1.807) is 0 Å². The van der Waals surface area contributed by atoms with Crippen LogP contribution in [0.25, 0.3) is 0 Å². The molecule has 1 heterocycles. The van der Waals surface area contributed by atoms with Crippen molar-refractivity contribution in [3.8, 4) is 0 Å². The van der Waals surface area contributed by atoms with Crippen LogP contribution in [-0.4, -0.2) is 6.54 Å². The molecule has 1 N–H and O–H groups in total. The van der Waals surface area contributed by atoms with Gasteiger partial charge >= 0.3 is 0 Å². The third kappa shape index (κ3) is 1.24. The Morgan fingerprint density at radius 3 is 3.00 bits per heavy atom. The zero-order valence-electron chi connectivity index (χ0n) is 3.74. The fourth-order valence-electron chi connectivity index (χ4n) is 0.398. The summed E-state index contributed by atoms with van der Waals surface area (Å²) in [7, 11) is 0. The Kier molecular flexibility index (Phi) is 1.37. The molecule has 7 heavy (non-hydrogen) atoms. The molecule has 0 saturated heterocycles. The molecule has 0 aliphatic carbocycles. The molecule has 0 saturated carbocycles. The van der Waals surface area contributed by atoms with E-state index >= 15 is 0 Å². The second-order valence-electron chi connectivity index (χ2n) is 1.26. The predicted molar refractivity (Wildman–Crippen MR) is 29.8 cm³/mol. The number of hydrogen-bond donors (Lipinski definition) is 1. The lowest BCUT2D eigenvalue weighted by Gasteiger charge is -1.97. The van der Waals surface area contributed by atoms with Crippen LogP contribution in [0.4, 0.5) is 0 Å². The minimum Gasteiger partial charge on any atom is -0.379 e. The molecule has 1 aliphatic rings. The highest BCUT2D eigenvalue weighted by Crippen LogP contribution is 2.01. The van der Waals surface area contributed by atoms with Gasteiger partial charge < -0.3 is 5.32 Å². The predicted octanol–water partition coefficient (Wildman–Crippen LogP) is 1.03. The standard InChI is InChI=1S/C5H5ClN/c6-5-2-1-3-7-4-5/h1-2,7H,3H2. The average Bonchev–Trinajstić information content (AvgIpc) is 1.69. The van der Waals surface area contributed by atoms with Gasteiger partial charge in [0.15, 0.2) is 0 Å². The fourth-order valence-corrected chi connectivity index (χ4v) is 0.554. The number of allylic oxidation sites excluding steroid dienone is 2. The normalized spacial score (nSPS) is 18.1. The first-order chi connectivity index (χ1) is 3.39. The van der Waals surface area contributed by atoms with Gasteiger partial charge in [0.05, 0.1) is 11.2 Å². The molecule has 37 valence electrons. The van der Waals surface area contributed by atoms with Crippen LogP contribution in [0.1, 0.15) is 0 Å². The molecule has 0 aromatic carbocycles. The minimum absolute atomic E-state index is 0.645. The molecular formula is C5H5ClN. The lowest BCUT2D eigenvalue weighted by Crippen LogP contribution is -2.07. The smallest absolute Gasteiger partial charge is 0.0783 e. The zero-order chi connectivity index (χ0) is 5.11. The molecule has 2 heteroatoms. The Morgan fingerprint density at radius 2 is 2.71 bits per heavy atom. The minimum atomic E-state index is 0.645. The molecule has 0 aromatic rings. The molecular weight excluding hydrogens is 110 g/mol. The van der Waals surface area contributed by atoms with Crippen molar-refractivity contribution in [1.29, 1.82) is 0 Å². The van der Waals surface area contributed by atoms with Gasteiger partial charge in [0.2, 0.25) is 0 Å². The van der Waals surface area contributed by atoms with E-state index in [-0.39, 0.29) is 0 Å².